The van der Waals surface area contributed by atoms with E-state index in [4.69, 9.17) is 4.55 Å². The minimum Gasteiger partial charge on any atom is -0.305 e. The monoisotopic (exact) mass is 293 g/mol. The van der Waals surface area contributed by atoms with Crippen LogP contribution < -0.4 is 5.32 Å². The molecule has 108 valence electrons. The summed E-state index contributed by atoms with van der Waals surface area (Å²) >= 11 is 0. The Balaban J connectivity index is 2.62. The maximum absolute atomic E-state index is 13.3. The number of rotatable bonds is 6. The van der Waals surface area contributed by atoms with Crippen molar-refractivity contribution >= 4 is 10.1 Å². The molecule has 0 amide bonds. The zero-order valence-corrected chi connectivity index (χ0v) is 11.5. The Morgan fingerprint density at radius 2 is 1.84 bits per heavy atom. The second-order valence-corrected chi connectivity index (χ2v) is 6.36. The van der Waals surface area contributed by atoms with E-state index in [1.165, 1.54) is 12.1 Å². The highest BCUT2D eigenvalue weighted by atomic mass is 32.2. The first-order valence-corrected chi connectivity index (χ1v) is 7.31. The lowest BCUT2D eigenvalue weighted by molar-refractivity contribution is 0.293. The summed E-state index contributed by atoms with van der Waals surface area (Å²) in [6, 6.07) is 5.73. The molecular weight excluding hydrogens is 276 g/mol. The molecule has 1 rings (SSSR count). The van der Waals surface area contributed by atoms with Gasteiger partial charge in [0.1, 0.15) is 17.7 Å². The Labute approximate surface area is 111 Å². The molecule has 2 N–H and O–H groups in total. The van der Waals surface area contributed by atoms with Gasteiger partial charge in [-0.3, -0.25) is 4.55 Å². The smallest absolute Gasteiger partial charge is 0.267 e. The lowest BCUT2D eigenvalue weighted by Crippen LogP contribution is -2.41. The standard InChI is InChI=1S/C12H17F2NO3S/c1-12(2,9-3-5-10(13)6-4-9)15-7-11(14)8-19(16,17)18/h3-6,11,15H,7-8H2,1-2H3,(H,16,17,18). The third kappa shape index (κ3) is 5.63. The highest BCUT2D eigenvalue weighted by Gasteiger charge is 2.23. The van der Waals surface area contributed by atoms with Crippen LogP contribution in [0.4, 0.5) is 8.78 Å². The van der Waals surface area contributed by atoms with Crippen LogP contribution in [-0.2, 0) is 15.7 Å². The minimum atomic E-state index is -4.33. The van der Waals surface area contributed by atoms with Crippen molar-refractivity contribution in [3.8, 4) is 0 Å². The highest BCUT2D eigenvalue weighted by Crippen LogP contribution is 2.20. The molecule has 0 bridgehead atoms. The predicted octanol–water partition coefficient (Wildman–Crippen LogP) is 1.88. The van der Waals surface area contributed by atoms with E-state index in [2.05, 4.69) is 5.32 Å². The molecule has 0 spiro atoms. The lowest BCUT2D eigenvalue weighted by atomic mass is 9.94. The van der Waals surface area contributed by atoms with E-state index in [1.54, 1.807) is 26.0 Å². The SMILES string of the molecule is CC(C)(NCC(F)CS(=O)(=O)O)c1ccc(F)cc1. The van der Waals surface area contributed by atoms with E-state index in [1.807, 2.05) is 0 Å². The molecule has 1 aromatic rings. The van der Waals surface area contributed by atoms with Gasteiger partial charge in [-0.1, -0.05) is 12.1 Å². The first kappa shape index (κ1) is 16.0. The molecule has 0 aliphatic heterocycles. The third-order valence-corrected chi connectivity index (χ3v) is 3.51. The fraction of sp³-hybridized carbons (Fsp3) is 0.500. The molecule has 0 heterocycles. The van der Waals surface area contributed by atoms with Gasteiger partial charge >= 0.3 is 0 Å². The summed E-state index contributed by atoms with van der Waals surface area (Å²) in [5.41, 5.74) is 0.102. The summed E-state index contributed by atoms with van der Waals surface area (Å²) in [4.78, 5) is 0. The van der Waals surface area contributed by atoms with E-state index in [-0.39, 0.29) is 12.4 Å². The largest absolute Gasteiger partial charge is 0.305 e. The van der Waals surface area contributed by atoms with Crippen LogP contribution in [0.1, 0.15) is 19.4 Å². The number of hydrogen-bond donors (Lipinski definition) is 2. The van der Waals surface area contributed by atoms with Gasteiger partial charge in [0.05, 0.1) is 0 Å². The molecule has 0 fully saturated rings. The topological polar surface area (TPSA) is 66.4 Å². The second-order valence-electron chi connectivity index (χ2n) is 4.86. The maximum atomic E-state index is 13.3. The first-order chi connectivity index (χ1) is 8.60. The first-order valence-electron chi connectivity index (χ1n) is 5.70. The van der Waals surface area contributed by atoms with Crippen LogP contribution in [0.3, 0.4) is 0 Å². The molecule has 1 aromatic carbocycles. The lowest BCUT2D eigenvalue weighted by Gasteiger charge is -2.27. The Kier molecular flexibility index (Phi) is 5.00. The molecule has 0 saturated heterocycles. The minimum absolute atomic E-state index is 0.232. The maximum Gasteiger partial charge on any atom is 0.267 e. The van der Waals surface area contributed by atoms with E-state index in [0.29, 0.717) is 0 Å². The zero-order chi connectivity index (χ0) is 14.7. The molecule has 0 aromatic heterocycles. The van der Waals surface area contributed by atoms with Crippen LogP contribution in [0, 0.1) is 5.82 Å². The summed E-state index contributed by atoms with van der Waals surface area (Å²) in [5.74, 6) is -1.31. The number of halogens is 2. The van der Waals surface area contributed by atoms with Crippen molar-refractivity contribution < 1.29 is 21.8 Å². The van der Waals surface area contributed by atoms with Gasteiger partial charge in [-0.2, -0.15) is 8.42 Å². The number of nitrogens with one attached hydrogen (secondary N) is 1. The molecule has 0 aliphatic carbocycles. The summed E-state index contributed by atoms with van der Waals surface area (Å²) in [6.45, 7) is 3.30. The van der Waals surface area contributed by atoms with Gasteiger partial charge in [-0.05, 0) is 31.5 Å². The molecule has 19 heavy (non-hydrogen) atoms. The van der Waals surface area contributed by atoms with E-state index in [0.717, 1.165) is 5.56 Å². The molecule has 0 aliphatic rings. The van der Waals surface area contributed by atoms with Crippen LogP contribution in [0.25, 0.3) is 0 Å². The molecule has 1 unspecified atom stereocenters. The van der Waals surface area contributed by atoms with Gasteiger partial charge in [0.15, 0.2) is 0 Å². The Morgan fingerprint density at radius 3 is 2.32 bits per heavy atom. The molecule has 4 nitrogen and oxygen atoms in total. The zero-order valence-electron chi connectivity index (χ0n) is 10.7. The molecular formula is C12H17F2NO3S. The van der Waals surface area contributed by atoms with Crippen molar-refractivity contribution in [3.05, 3.63) is 35.6 Å². The Morgan fingerprint density at radius 1 is 1.32 bits per heavy atom. The average Bonchev–Trinajstić information content (AvgIpc) is 2.25. The third-order valence-electron chi connectivity index (χ3n) is 2.72. The summed E-state index contributed by atoms with van der Waals surface area (Å²) in [7, 11) is -4.33. The van der Waals surface area contributed by atoms with E-state index < -0.39 is 27.6 Å². The van der Waals surface area contributed by atoms with E-state index >= 15 is 0 Å². The fourth-order valence-electron chi connectivity index (χ4n) is 1.62. The fourth-order valence-corrected chi connectivity index (χ4v) is 2.20. The van der Waals surface area contributed by atoms with Crippen molar-refractivity contribution in [2.75, 3.05) is 12.3 Å². The second kappa shape index (κ2) is 5.94. The molecule has 1 atom stereocenters. The van der Waals surface area contributed by atoms with E-state index in [9.17, 15) is 17.2 Å². The van der Waals surface area contributed by atoms with Gasteiger partial charge in [0, 0.05) is 12.1 Å². The summed E-state index contributed by atoms with van der Waals surface area (Å²) in [5, 5.41) is 2.84. The highest BCUT2D eigenvalue weighted by molar-refractivity contribution is 7.85. The summed E-state index contributed by atoms with van der Waals surface area (Å²) in [6.07, 6.45) is -1.71. The Bertz CT molecular complexity index is 514. The van der Waals surface area contributed by atoms with Crippen molar-refractivity contribution in [1.29, 1.82) is 0 Å². The van der Waals surface area contributed by atoms with Crippen LogP contribution in [-0.4, -0.2) is 31.4 Å². The van der Waals surface area contributed by atoms with Crippen molar-refractivity contribution in [2.45, 2.75) is 25.6 Å². The van der Waals surface area contributed by atoms with Crippen LogP contribution in [0.5, 0.6) is 0 Å². The molecule has 0 radical (unpaired) electrons. The Hall–Kier alpha value is -1.05. The summed E-state index contributed by atoms with van der Waals surface area (Å²) < 4.78 is 55.7. The van der Waals surface area contributed by atoms with Gasteiger partial charge in [-0.25, -0.2) is 8.78 Å². The van der Waals surface area contributed by atoms with Crippen molar-refractivity contribution in [1.82, 2.24) is 5.32 Å². The van der Waals surface area contributed by atoms with Crippen LogP contribution >= 0.6 is 0 Å². The van der Waals surface area contributed by atoms with Crippen LogP contribution in [0.15, 0.2) is 24.3 Å². The molecule has 7 heteroatoms. The number of benzene rings is 1. The average molecular weight is 293 g/mol. The van der Waals surface area contributed by atoms with Crippen LogP contribution in [0.2, 0.25) is 0 Å². The van der Waals surface area contributed by atoms with Crippen molar-refractivity contribution in [3.63, 3.8) is 0 Å². The normalized spacial score (nSPS) is 14.4. The van der Waals surface area contributed by atoms with Crippen molar-refractivity contribution in [2.24, 2.45) is 0 Å². The molecule has 0 saturated carbocycles. The van der Waals surface area contributed by atoms with Gasteiger partial charge in [0.2, 0.25) is 0 Å². The number of alkyl halides is 1. The van der Waals surface area contributed by atoms with Gasteiger partial charge in [0.25, 0.3) is 10.1 Å². The predicted molar refractivity (Wildman–Crippen MR) is 68.7 cm³/mol. The van der Waals surface area contributed by atoms with Gasteiger partial charge in [-0.15, -0.1) is 0 Å². The quantitative estimate of drug-likeness (QED) is 0.786. The van der Waals surface area contributed by atoms with Gasteiger partial charge < -0.3 is 5.32 Å². The number of hydrogen-bond acceptors (Lipinski definition) is 3.